The minimum absolute atomic E-state index is 0.0766. The van der Waals surface area contributed by atoms with Gasteiger partial charge in [-0.3, -0.25) is 4.72 Å². The van der Waals surface area contributed by atoms with Crippen molar-refractivity contribution in [1.82, 2.24) is 9.97 Å². The monoisotopic (exact) mass is 456 g/mol. The summed E-state index contributed by atoms with van der Waals surface area (Å²) in [7, 11) is -4.24. The van der Waals surface area contributed by atoms with Gasteiger partial charge in [0, 0.05) is 23.3 Å². The normalized spacial score (nSPS) is 12.0. The van der Waals surface area contributed by atoms with Crippen LogP contribution < -0.4 is 10.5 Å². The van der Waals surface area contributed by atoms with Crippen molar-refractivity contribution in [2.45, 2.75) is 23.9 Å². The maximum Gasteiger partial charge on any atom is 0.416 e. The van der Waals surface area contributed by atoms with Gasteiger partial charge in [0.1, 0.15) is 0 Å². The number of rotatable bonds is 5. The number of nitrogens with two attached hydrogens (primary N) is 1. The van der Waals surface area contributed by atoms with E-state index in [2.05, 4.69) is 14.7 Å². The lowest BCUT2D eigenvalue weighted by Crippen LogP contribution is -2.16. The molecular formula is C19H16ClF3N4O2S. The van der Waals surface area contributed by atoms with Crippen molar-refractivity contribution < 1.29 is 21.6 Å². The third-order valence-corrected chi connectivity index (χ3v) is 6.00. The first-order chi connectivity index (χ1) is 14.0. The van der Waals surface area contributed by atoms with Gasteiger partial charge in [-0.2, -0.15) is 13.2 Å². The fourth-order valence-electron chi connectivity index (χ4n) is 2.82. The van der Waals surface area contributed by atoms with E-state index in [1.54, 1.807) is 13.0 Å². The van der Waals surface area contributed by atoms with Crippen LogP contribution in [0.1, 0.15) is 16.8 Å². The number of anilines is 2. The van der Waals surface area contributed by atoms with Gasteiger partial charge in [-0.25, -0.2) is 18.4 Å². The summed E-state index contributed by atoms with van der Waals surface area (Å²) in [5, 5.41) is 0. The number of alkyl halides is 4. The van der Waals surface area contributed by atoms with Crippen molar-refractivity contribution in [3.63, 3.8) is 0 Å². The number of halogens is 4. The van der Waals surface area contributed by atoms with Gasteiger partial charge in [0.2, 0.25) is 5.95 Å². The Hall–Kier alpha value is -2.85. The van der Waals surface area contributed by atoms with Crippen LogP contribution in [0.2, 0.25) is 0 Å². The minimum Gasteiger partial charge on any atom is -0.368 e. The molecule has 3 N–H and O–H groups in total. The molecule has 0 atom stereocenters. The average Bonchev–Trinajstić information content (AvgIpc) is 2.67. The molecule has 30 heavy (non-hydrogen) atoms. The van der Waals surface area contributed by atoms with Crippen molar-refractivity contribution in [2.24, 2.45) is 0 Å². The molecule has 0 unspecified atom stereocenters. The zero-order valence-electron chi connectivity index (χ0n) is 15.5. The van der Waals surface area contributed by atoms with E-state index in [1.807, 2.05) is 0 Å². The average molecular weight is 457 g/mol. The largest absolute Gasteiger partial charge is 0.416 e. The van der Waals surface area contributed by atoms with E-state index >= 15 is 0 Å². The molecule has 0 spiro atoms. The van der Waals surface area contributed by atoms with Crippen LogP contribution in [0.4, 0.5) is 24.8 Å². The third-order valence-electron chi connectivity index (χ3n) is 4.25. The lowest BCUT2D eigenvalue weighted by Gasteiger charge is -2.15. The van der Waals surface area contributed by atoms with Crippen LogP contribution in [0.3, 0.4) is 0 Å². The molecule has 158 valence electrons. The predicted octanol–water partition coefficient (Wildman–Crippen LogP) is 4.59. The fraction of sp³-hybridized carbons (Fsp3) is 0.158. The Labute approximate surface area is 176 Å². The maximum atomic E-state index is 13.0. The summed E-state index contributed by atoms with van der Waals surface area (Å²) in [6, 6.07) is 8.48. The van der Waals surface area contributed by atoms with Crippen molar-refractivity contribution >= 4 is 33.3 Å². The third kappa shape index (κ3) is 4.65. The first kappa shape index (κ1) is 21.8. The molecule has 0 aliphatic carbocycles. The summed E-state index contributed by atoms with van der Waals surface area (Å²) < 4.78 is 66.9. The fourth-order valence-corrected chi connectivity index (χ4v) is 4.45. The Morgan fingerprint density at radius 3 is 2.53 bits per heavy atom. The summed E-state index contributed by atoms with van der Waals surface area (Å²) in [6.07, 6.45) is -3.14. The summed E-state index contributed by atoms with van der Waals surface area (Å²) in [5.74, 6) is -0.0382. The SMILES string of the molecule is Cc1nc(N)ncc1-c1ccc(CCl)c(S(=O)(=O)Nc2cccc(C(F)(F)F)c2)c1. The lowest BCUT2D eigenvalue weighted by molar-refractivity contribution is -0.137. The number of aryl methyl sites for hydroxylation is 1. The number of benzene rings is 2. The topological polar surface area (TPSA) is 98.0 Å². The van der Waals surface area contributed by atoms with E-state index < -0.39 is 21.8 Å². The Kier molecular flexibility index (Phi) is 5.91. The summed E-state index contributed by atoms with van der Waals surface area (Å²) >= 11 is 5.89. The van der Waals surface area contributed by atoms with Gasteiger partial charge in [0.05, 0.1) is 16.2 Å². The Morgan fingerprint density at radius 2 is 1.90 bits per heavy atom. The van der Waals surface area contributed by atoms with Gasteiger partial charge in [0.25, 0.3) is 10.0 Å². The number of aromatic nitrogens is 2. The van der Waals surface area contributed by atoms with Crippen molar-refractivity contribution in [2.75, 3.05) is 10.5 Å². The lowest BCUT2D eigenvalue weighted by atomic mass is 10.0. The van der Waals surface area contributed by atoms with Crippen molar-refractivity contribution in [1.29, 1.82) is 0 Å². The van der Waals surface area contributed by atoms with E-state index in [9.17, 15) is 21.6 Å². The van der Waals surface area contributed by atoms with E-state index in [1.165, 1.54) is 24.4 Å². The molecule has 3 aromatic rings. The molecule has 0 radical (unpaired) electrons. The smallest absolute Gasteiger partial charge is 0.368 e. The second-order valence-electron chi connectivity index (χ2n) is 6.37. The predicted molar refractivity (Wildman–Crippen MR) is 108 cm³/mol. The number of nitrogens with zero attached hydrogens (tertiary/aromatic N) is 2. The first-order valence-corrected chi connectivity index (χ1v) is 10.5. The first-order valence-electron chi connectivity index (χ1n) is 8.50. The summed E-state index contributed by atoms with van der Waals surface area (Å²) in [5.41, 5.74) is 6.24. The highest BCUT2D eigenvalue weighted by Gasteiger charge is 2.31. The van der Waals surface area contributed by atoms with E-state index in [-0.39, 0.29) is 28.0 Å². The van der Waals surface area contributed by atoms with Gasteiger partial charge < -0.3 is 5.73 Å². The summed E-state index contributed by atoms with van der Waals surface area (Å²) in [4.78, 5) is 7.81. The number of hydrogen-bond donors (Lipinski definition) is 2. The second-order valence-corrected chi connectivity index (χ2v) is 8.29. The Balaban J connectivity index is 2.05. The van der Waals surface area contributed by atoms with E-state index in [4.69, 9.17) is 17.3 Å². The maximum absolute atomic E-state index is 13.0. The van der Waals surface area contributed by atoms with Gasteiger partial charge in [-0.1, -0.05) is 18.2 Å². The van der Waals surface area contributed by atoms with E-state index in [0.717, 1.165) is 18.2 Å². The molecule has 0 aliphatic rings. The van der Waals surface area contributed by atoms with Crippen LogP contribution in [0.5, 0.6) is 0 Å². The van der Waals surface area contributed by atoms with Gasteiger partial charge >= 0.3 is 6.18 Å². The van der Waals surface area contributed by atoms with Gasteiger partial charge in [0.15, 0.2) is 0 Å². The van der Waals surface area contributed by atoms with Crippen LogP contribution in [0.25, 0.3) is 11.1 Å². The molecule has 0 amide bonds. The van der Waals surface area contributed by atoms with Crippen LogP contribution >= 0.6 is 11.6 Å². The highest BCUT2D eigenvalue weighted by molar-refractivity contribution is 7.92. The van der Waals surface area contributed by atoms with E-state index in [0.29, 0.717) is 16.8 Å². The number of nitrogens with one attached hydrogen (secondary N) is 1. The zero-order chi connectivity index (χ0) is 22.1. The highest BCUT2D eigenvalue weighted by Crippen LogP contribution is 2.32. The molecule has 0 bridgehead atoms. The molecule has 3 rings (SSSR count). The number of hydrogen-bond acceptors (Lipinski definition) is 5. The van der Waals surface area contributed by atoms with Crippen LogP contribution in [-0.4, -0.2) is 18.4 Å². The number of nitrogen functional groups attached to an aromatic ring is 1. The molecule has 0 saturated carbocycles. The molecule has 0 aliphatic heterocycles. The molecular weight excluding hydrogens is 441 g/mol. The highest BCUT2D eigenvalue weighted by atomic mass is 35.5. The zero-order valence-corrected chi connectivity index (χ0v) is 17.1. The minimum atomic E-state index is -4.60. The quantitative estimate of drug-likeness (QED) is 0.547. The summed E-state index contributed by atoms with van der Waals surface area (Å²) in [6.45, 7) is 1.69. The molecule has 1 aromatic heterocycles. The molecule has 6 nitrogen and oxygen atoms in total. The second kappa shape index (κ2) is 8.11. The molecule has 2 aromatic carbocycles. The van der Waals surface area contributed by atoms with Crippen molar-refractivity contribution in [3.8, 4) is 11.1 Å². The van der Waals surface area contributed by atoms with Crippen molar-refractivity contribution in [3.05, 3.63) is 65.5 Å². The molecule has 0 fully saturated rings. The Morgan fingerprint density at radius 1 is 1.17 bits per heavy atom. The number of sulfonamides is 1. The standard InChI is InChI=1S/C19H16ClF3N4O2S/c1-11-16(10-25-18(24)26-11)12-5-6-13(9-20)17(7-12)30(28,29)27-15-4-2-3-14(8-15)19(21,22)23/h2-8,10,27H,9H2,1H3,(H2,24,25,26). The molecule has 11 heteroatoms. The van der Waals surface area contributed by atoms with Crippen LogP contribution in [0.15, 0.2) is 53.6 Å². The van der Waals surface area contributed by atoms with Crippen LogP contribution in [-0.2, 0) is 22.1 Å². The van der Waals surface area contributed by atoms with Gasteiger partial charge in [-0.05, 0) is 42.3 Å². The van der Waals surface area contributed by atoms with Gasteiger partial charge in [-0.15, -0.1) is 11.6 Å². The molecule has 0 saturated heterocycles. The Bertz CT molecular complexity index is 1200. The van der Waals surface area contributed by atoms with Crippen LogP contribution in [0, 0.1) is 6.92 Å². The molecule has 1 heterocycles.